The predicted octanol–water partition coefficient (Wildman–Crippen LogP) is 4.73. The topological polar surface area (TPSA) is 79.5 Å². The lowest BCUT2D eigenvalue weighted by atomic mass is 9.91. The summed E-state index contributed by atoms with van der Waals surface area (Å²) in [6, 6.07) is 6.98. The van der Waals surface area contributed by atoms with Crippen molar-refractivity contribution in [2.45, 2.75) is 59.4 Å². The third-order valence-electron chi connectivity index (χ3n) is 5.37. The van der Waals surface area contributed by atoms with Gasteiger partial charge in [0.15, 0.2) is 0 Å². The summed E-state index contributed by atoms with van der Waals surface area (Å²) in [5, 5.41) is 4.69. The minimum atomic E-state index is -0.280. The maximum absolute atomic E-state index is 13.2. The van der Waals surface area contributed by atoms with Crippen LogP contribution in [0.3, 0.4) is 0 Å². The lowest BCUT2D eigenvalue weighted by Gasteiger charge is -2.35. The minimum absolute atomic E-state index is 0.00191. The largest absolute Gasteiger partial charge is 0.337 e. The van der Waals surface area contributed by atoms with Crippen LogP contribution in [0.1, 0.15) is 65.3 Å². The lowest BCUT2D eigenvalue weighted by Crippen LogP contribution is -2.46. The van der Waals surface area contributed by atoms with E-state index in [9.17, 15) is 9.59 Å². The molecule has 1 unspecified atom stereocenters. The molecule has 1 aliphatic rings. The van der Waals surface area contributed by atoms with Crippen LogP contribution in [0, 0.1) is 5.41 Å². The molecule has 1 atom stereocenters. The van der Waals surface area contributed by atoms with E-state index in [1.54, 1.807) is 21.9 Å². The highest BCUT2D eigenvalue weighted by Gasteiger charge is 2.33. The van der Waals surface area contributed by atoms with Crippen molar-refractivity contribution in [3.05, 3.63) is 35.2 Å². The third-order valence-corrected chi connectivity index (χ3v) is 5.61. The smallest absolute Gasteiger partial charge is 0.249 e. The molecule has 2 heterocycles. The lowest BCUT2D eigenvalue weighted by molar-refractivity contribution is -0.144. The number of piperidine rings is 1. The molecule has 1 aromatic carbocycles. The molecular weight excluding hydrogens is 416 g/mol. The number of aromatic nitrogens is 2. The number of hydrogen-bond acceptors (Lipinski definition) is 5. The Morgan fingerprint density at radius 1 is 1.29 bits per heavy atom. The maximum Gasteiger partial charge on any atom is 0.249 e. The summed E-state index contributed by atoms with van der Waals surface area (Å²) in [6.45, 7) is 9.15. The van der Waals surface area contributed by atoms with Crippen LogP contribution >= 0.6 is 11.6 Å². The number of nitrogens with zero attached hydrogens (tertiary/aromatic N) is 4. The average molecular weight is 447 g/mol. The number of carbonyl (C=O) groups is 2. The SMILES string of the molecule is CCN(CC(=O)N1CCCCC1c1nc(-c2cccc(Cl)c2)no1)C(=O)CC(C)(C)C. The van der Waals surface area contributed by atoms with E-state index in [-0.39, 0.29) is 29.8 Å². The highest BCUT2D eigenvalue weighted by Crippen LogP contribution is 2.32. The molecule has 1 saturated heterocycles. The Labute approximate surface area is 188 Å². The van der Waals surface area contributed by atoms with Gasteiger partial charge < -0.3 is 14.3 Å². The summed E-state index contributed by atoms with van der Waals surface area (Å²) in [5.74, 6) is 0.785. The van der Waals surface area contributed by atoms with Crippen molar-refractivity contribution in [3.8, 4) is 11.4 Å². The normalized spacial score (nSPS) is 16.9. The molecular formula is C23H31ClN4O3. The monoisotopic (exact) mass is 446 g/mol. The highest BCUT2D eigenvalue weighted by molar-refractivity contribution is 6.30. The molecule has 8 heteroatoms. The van der Waals surface area contributed by atoms with E-state index in [0.29, 0.717) is 36.2 Å². The summed E-state index contributed by atoms with van der Waals surface area (Å²) < 4.78 is 5.54. The summed E-state index contributed by atoms with van der Waals surface area (Å²) in [6.07, 6.45) is 3.05. The second kappa shape index (κ2) is 9.81. The number of benzene rings is 1. The molecule has 168 valence electrons. The molecule has 3 rings (SSSR count). The number of amides is 2. The molecule has 0 aliphatic carbocycles. The van der Waals surface area contributed by atoms with E-state index in [0.717, 1.165) is 24.8 Å². The van der Waals surface area contributed by atoms with Crippen LogP contribution < -0.4 is 0 Å². The van der Waals surface area contributed by atoms with Gasteiger partial charge in [0.05, 0.1) is 6.54 Å². The first-order valence-electron chi connectivity index (χ1n) is 10.8. The van der Waals surface area contributed by atoms with E-state index in [2.05, 4.69) is 10.1 Å². The standard InChI is InChI=1S/C23H31ClN4O3/c1-5-27(19(29)14-23(2,3)4)15-20(30)28-12-7-6-11-18(28)22-25-21(26-31-22)16-9-8-10-17(24)13-16/h8-10,13,18H,5-7,11-12,14-15H2,1-4H3. The second-order valence-electron chi connectivity index (χ2n) is 9.21. The third kappa shape index (κ3) is 6.06. The van der Waals surface area contributed by atoms with E-state index in [1.807, 2.05) is 39.8 Å². The summed E-state index contributed by atoms with van der Waals surface area (Å²) in [5.41, 5.74) is 0.642. The number of halogens is 1. The van der Waals surface area contributed by atoms with Crippen molar-refractivity contribution in [1.29, 1.82) is 0 Å². The van der Waals surface area contributed by atoms with E-state index < -0.39 is 0 Å². The van der Waals surface area contributed by atoms with E-state index in [1.165, 1.54) is 0 Å². The van der Waals surface area contributed by atoms with Crippen LogP contribution in [0.5, 0.6) is 0 Å². The predicted molar refractivity (Wildman–Crippen MR) is 119 cm³/mol. The fraction of sp³-hybridized carbons (Fsp3) is 0.565. The fourth-order valence-electron chi connectivity index (χ4n) is 3.80. The van der Waals surface area contributed by atoms with Crippen LogP contribution in [0.25, 0.3) is 11.4 Å². The fourth-order valence-corrected chi connectivity index (χ4v) is 3.99. The van der Waals surface area contributed by atoms with Crippen LogP contribution in [0.4, 0.5) is 0 Å². The first kappa shape index (κ1) is 23.3. The van der Waals surface area contributed by atoms with Gasteiger partial charge in [-0.3, -0.25) is 9.59 Å². The Hall–Kier alpha value is -2.41. The summed E-state index contributed by atoms with van der Waals surface area (Å²) in [4.78, 5) is 33.8. The van der Waals surface area contributed by atoms with Crippen molar-refractivity contribution in [2.24, 2.45) is 5.41 Å². The quantitative estimate of drug-likeness (QED) is 0.640. The van der Waals surface area contributed by atoms with Gasteiger partial charge in [0.2, 0.25) is 23.5 Å². The van der Waals surface area contributed by atoms with Gasteiger partial charge in [0, 0.05) is 30.1 Å². The molecule has 0 bridgehead atoms. The highest BCUT2D eigenvalue weighted by atomic mass is 35.5. The number of hydrogen-bond donors (Lipinski definition) is 0. The van der Waals surface area contributed by atoms with Crippen molar-refractivity contribution in [2.75, 3.05) is 19.6 Å². The Morgan fingerprint density at radius 2 is 2.06 bits per heavy atom. The maximum atomic E-state index is 13.2. The molecule has 1 aliphatic heterocycles. The van der Waals surface area contributed by atoms with E-state index >= 15 is 0 Å². The number of carbonyl (C=O) groups excluding carboxylic acids is 2. The first-order chi connectivity index (χ1) is 14.7. The van der Waals surface area contributed by atoms with Crippen molar-refractivity contribution >= 4 is 23.4 Å². The van der Waals surface area contributed by atoms with Gasteiger partial charge in [-0.15, -0.1) is 0 Å². The van der Waals surface area contributed by atoms with Gasteiger partial charge in [-0.25, -0.2) is 0 Å². The molecule has 1 aromatic heterocycles. The summed E-state index contributed by atoms with van der Waals surface area (Å²) in [7, 11) is 0. The number of likely N-dealkylation sites (tertiary alicyclic amines) is 1. The second-order valence-corrected chi connectivity index (χ2v) is 9.65. The molecule has 0 radical (unpaired) electrons. The molecule has 0 N–H and O–H groups in total. The van der Waals surface area contributed by atoms with Crippen LogP contribution in [-0.4, -0.2) is 51.4 Å². The Kier molecular flexibility index (Phi) is 7.36. The molecule has 0 spiro atoms. The number of likely N-dealkylation sites (N-methyl/N-ethyl adjacent to an activating group) is 1. The van der Waals surface area contributed by atoms with Gasteiger partial charge >= 0.3 is 0 Å². The van der Waals surface area contributed by atoms with Crippen molar-refractivity contribution < 1.29 is 14.1 Å². The Balaban J connectivity index is 1.74. The van der Waals surface area contributed by atoms with Crippen LogP contribution in [0.15, 0.2) is 28.8 Å². The van der Waals surface area contributed by atoms with Gasteiger partial charge in [-0.1, -0.05) is 49.7 Å². The molecule has 7 nitrogen and oxygen atoms in total. The molecule has 0 saturated carbocycles. The zero-order chi connectivity index (χ0) is 22.6. The molecule has 31 heavy (non-hydrogen) atoms. The van der Waals surface area contributed by atoms with Gasteiger partial charge in [-0.2, -0.15) is 4.98 Å². The summed E-state index contributed by atoms with van der Waals surface area (Å²) >= 11 is 6.07. The molecule has 1 fully saturated rings. The van der Waals surface area contributed by atoms with Crippen molar-refractivity contribution in [3.63, 3.8) is 0 Å². The van der Waals surface area contributed by atoms with Gasteiger partial charge in [0.1, 0.15) is 6.04 Å². The Bertz CT molecular complexity index is 922. The van der Waals surface area contributed by atoms with E-state index in [4.69, 9.17) is 16.1 Å². The number of rotatable bonds is 6. The van der Waals surface area contributed by atoms with Crippen LogP contribution in [0.2, 0.25) is 5.02 Å². The van der Waals surface area contributed by atoms with Crippen molar-refractivity contribution in [1.82, 2.24) is 19.9 Å². The zero-order valence-electron chi connectivity index (χ0n) is 18.7. The molecule has 2 aromatic rings. The Morgan fingerprint density at radius 3 is 2.74 bits per heavy atom. The average Bonchev–Trinajstić information content (AvgIpc) is 3.20. The molecule has 2 amide bonds. The minimum Gasteiger partial charge on any atom is -0.337 e. The zero-order valence-corrected chi connectivity index (χ0v) is 19.5. The van der Waals surface area contributed by atoms with Crippen LogP contribution in [-0.2, 0) is 9.59 Å². The first-order valence-corrected chi connectivity index (χ1v) is 11.2. The van der Waals surface area contributed by atoms with Gasteiger partial charge in [0.25, 0.3) is 0 Å². The van der Waals surface area contributed by atoms with Gasteiger partial charge in [-0.05, 0) is 43.7 Å².